The Kier molecular flexibility index (Phi) is 5.91. The molecule has 2 aromatic carbocycles. The lowest BCUT2D eigenvalue weighted by Gasteiger charge is -2.27. The van der Waals surface area contributed by atoms with Crippen molar-refractivity contribution in [3.63, 3.8) is 0 Å². The second kappa shape index (κ2) is 8.46. The van der Waals surface area contributed by atoms with Gasteiger partial charge in [-0.3, -0.25) is 9.80 Å². The average Bonchev–Trinajstić information content (AvgIpc) is 3.38. The monoisotopic (exact) mass is 428 g/mol. The number of hydrogen-bond acceptors (Lipinski definition) is 5. The Labute approximate surface area is 182 Å². The Morgan fingerprint density at radius 2 is 1.90 bits per heavy atom. The highest BCUT2D eigenvalue weighted by Crippen LogP contribution is 2.45. The molecule has 0 unspecified atom stereocenters. The zero-order valence-corrected chi connectivity index (χ0v) is 18.0. The molecular weight excluding hydrogens is 403 g/mol. The molecular formula is C23H26ClFN4O. The van der Waals surface area contributed by atoms with Crippen LogP contribution >= 0.6 is 12.4 Å². The molecule has 2 saturated heterocycles. The lowest BCUT2D eigenvalue weighted by molar-refractivity contribution is 0.213. The smallest absolute Gasteiger partial charge is 0.247 e. The first-order valence-corrected chi connectivity index (χ1v) is 10.1. The van der Waals surface area contributed by atoms with Gasteiger partial charge < -0.3 is 4.42 Å². The topological polar surface area (TPSA) is 45.4 Å². The van der Waals surface area contributed by atoms with Gasteiger partial charge in [0.05, 0.1) is 6.54 Å². The van der Waals surface area contributed by atoms with E-state index in [4.69, 9.17) is 4.42 Å². The summed E-state index contributed by atoms with van der Waals surface area (Å²) in [5.74, 6) is 1.91. The summed E-state index contributed by atoms with van der Waals surface area (Å²) in [6.45, 7) is 6.01. The van der Waals surface area contributed by atoms with Gasteiger partial charge in [-0.05, 0) is 55.1 Å². The molecule has 2 aliphatic rings. The van der Waals surface area contributed by atoms with Crippen LogP contribution in [0.1, 0.15) is 23.1 Å². The zero-order chi connectivity index (χ0) is 20.0. The van der Waals surface area contributed by atoms with Crippen LogP contribution in [-0.2, 0) is 6.54 Å². The number of aromatic nitrogens is 2. The molecule has 0 radical (unpaired) electrons. The fourth-order valence-electron chi connectivity index (χ4n) is 5.11. The Morgan fingerprint density at radius 1 is 1.07 bits per heavy atom. The van der Waals surface area contributed by atoms with Crippen molar-refractivity contribution in [2.24, 2.45) is 11.8 Å². The number of likely N-dealkylation sites (tertiary alicyclic amines) is 2. The molecule has 3 atom stereocenters. The first kappa shape index (κ1) is 21.0. The minimum absolute atomic E-state index is 0. The summed E-state index contributed by atoms with van der Waals surface area (Å²) in [5, 5.41) is 8.30. The van der Waals surface area contributed by atoms with Crippen molar-refractivity contribution >= 4 is 12.4 Å². The fraction of sp³-hybridized carbons (Fsp3) is 0.391. The average molecular weight is 429 g/mol. The molecule has 2 fully saturated rings. The van der Waals surface area contributed by atoms with Gasteiger partial charge in [0, 0.05) is 31.2 Å². The first-order chi connectivity index (χ1) is 14.1. The van der Waals surface area contributed by atoms with Crippen molar-refractivity contribution in [2.75, 3.05) is 26.7 Å². The SMILES string of the molecule is Cc1ccccc1[C@@H]1[C@@H]2CN(Cc3nnc(-c4cccc(F)c4)o3)C[C@@H]2CN1C.Cl. The summed E-state index contributed by atoms with van der Waals surface area (Å²) >= 11 is 0. The van der Waals surface area contributed by atoms with Gasteiger partial charge in [0.1, 0.15) is 5.82 Å². The molecule has 0 N–H and O–H groups in total. The van der Waals surface area contributed by atoms with E-state index in [2.05, 4.69) is 58.2 Å². The maximum absolute atomic E-state index is 13.5. The molecule has 0 amide bonds. The highest BCUT2D eigenvalue weighted by Gasteiger charge is 2.46. The molecule has 0 aliphatic carbocycles. The van der Waals surface area contributed by atoms with E-state index in [1.807, 2.05) is 0 Å². The fourth-order valence-corrected chi connectivity index (χ4v) is 5.11. The Morgan fingerprint density at radius 3 is 2.70 bits per heavy atom. The number of rotatable bonds is 4. The highest BCUT2D eigenvalue weighted by atomic mass is 35.5. The van der Waals surface area contributed by atoms with Gasteiger partial charge in [-0.2, -0.15) is 0 Å². The number of nitrogens with zero attached hydrogens (tertiary/aromatic N) is 4. The van der Waals surface area contributed by atoms with Crippen LogP contribution in [0.4, 0.5) is 4.39 Å². The summed E-state index contributed by atoms with van der Waals surface area (Å²) < 4.78 is 19.3. The molecule has 1 aromatic heterocycles. The number of benzene rings is 2. The summed E-state index contributed by atoms with van der Waals surface area (Å²) in [6, 6.07) is 15.4. The van der Waals surface area contributed by atoms with E-state index in [9.17, 15) is 4.39 Å². The van der Waals surface area contributed by atoms with Gasteiger partial charge in [0.25, 0.3) is 0 Å². The van der Waals surface area contributed by atoms with Gasteiger partial charge in [0.2, 0.25) is 11.8 Å². The lowest BCUT2D eigenvalue weighted by Crippen LogP contribution is -2.29. The number of halogens is 2. The van der Waals surface area contributed by atoms with E-state index in [1.165, 1.54) is 23.3 Å². The van der Waals surface area contributed by atoms with Crippen molar-refractivity contribution < 1.29 is 8.81 Å². The third-order valence-electron chi connectivity index (χ3n) is 6.37. The molecule has 3 aromatic rings. The molecule has 0 saturated carbocycles. The third-order valence-corrected chi connectivity index (χ3v) is 6.37. The van der Waals surface area contributed by atoms with E-state index in [1.54, 1.807) is 12.1 Å². The summed E-state index contributed by atoms with van der Waals surface area (Å²) in [6.07, 6.45) is 0. The van der Waals surface area contributed by atoms with Gasteiger partial charge in [-0.1, -0.05) is 30.3 Å². The van der Waals surface area contributed by atoms with Gasteiger partial charge in [0.15, 0.2) is 0 Å². The molecule has 5 rings (SSSR count). The van der Waals surface area contributed by atoms with E-state index >= 15 is 0 Å². The second-order valence-corrected chi connectivity index (χ2v) is 8.37. The molecule has 0 spiro atoms. The van der Waals surface area contributed by atoms with E-state index in [0.717, 1.165) is 19.6 Å². The largest absolute Gasteiger partial charge is 0.419 e. The second-order valence-electron chi connectivity index (χ2n) is 8.37. The zero-order valence-electron chi connectivity index (χ0n) is 17.2. The van der Waals surface area contributed by atoms with Crippen LogP contribution in [0.3, 0.4) is 0 Å². The van der Waals surface area contributed by atoms with Crippen LogP contribution in [-0.4, -0.2) is 46.7 Å². The molecule has 7 heteroatoms. The van der Waals surface area contributed by atoms with E-state index < -0.39 is 0 Å². The minimum Gasteiger partial charge on any atom is -0.419 e. The lowest BCUT2D eigenvalue weighted by atomic mass is 9.88. The minimum atomic E-state index is -0.305. The molecule has 2 aliphatic heterocycles. The van der Waals surface area contributed by atoms with E-state index in [0.29, 0.717) is 41.8 Å². The summed E-state index contributed by atoms with van der Waals surface area (Å²) in [7, 11) is 2.24. The number of aryl methyl sites for hydroxylation is 1. The van der Waals surface area contributed by atoms with Crippen molar-refractivity contribution in [3.05, 3.63) is 71.4 Å². The summed E-state index contributed by atoms with van der Waals surface area (Å²) in [4.78, 5) is 4.92. The van der Waals surface area contributed by atoms with Crippen molar-refractivity contribution in [1.29, 1.82) is 0 Å². The van der Waals surface area contributed by atoms with Crippen LogP contribution in [0.2, 0.25) is 0 Å². The predicted octanol–water partition coefficient (Wildman–Crippen LogP) is 4.34. The Bertz CT molecular complexity index is 1030. The van der Waals surface area contributed by atoms with Gasteiger partial charge >= 0.3 is 0 Å². The van der Waals surface area contributed by atoms with Crippen LogP contribution < -0.4 is 0 Å². The molecule has 0 bridgehead atoms. The van der Waals surface area contributed by atoms with Crippen LogP contribution in [0, 0.1) is 24.6 Å². The Balaban J connectivity index is 0.00000218. The van der Waals surface area contributed by atoms with Crippen molar-refractivity contribution in [2.45, 2.75) is 19.5 Å². The summed E-state index contributed by atoms with van der Waals surface area (Å²) in [5.41, 5.74) is 3.42. The quantitative estimate of drug-likeness (QED) is 0.618. The van der Waals surface area contributed by atoms with Gasteiger partial charge in [-0.25, -0.2) is 4.39 Å². The van der Waals surface area contributed by atoms with Crippen LogP contribution in [0.25, 0.3) is 11.5 Å². The highest BCUT2D eigenvalue weighted by molar-refractivity contribution is 5.85. The van der Waals surface area contributed by atoms with E-state index in [-0.39, 0.29) is 18.2 Å². The predicted molar refractivity (Wildman–Crippen MR) is 116 cm³/mol. The standard InChI is InChI=1S/C23H25FN4O.ClH/c1-15-6-3-4-9-19(15)22-20-13-28(12-17(20)11-27(22)2)14-21-25-26-23(29-21)16-7-5-8-18(24)10-16;/h3-10,17,20,22H,11-14H2,1-2H3;1H/t17-,20+,22+;/m0./s1. The van der Waals surface area contributed by atoms with Crippen LogP contribution in [0.5, 0.6) is 0 Å². The number of fused-ring (bicyclic) bond motifs is 1. The maximum Gasteiger partial charge on any atom is 0.247 e. The molecule has 3 heterocycles. The Hall–Kier alpha value is -2.28. The van der Waals surface area contributed by atoms with Gasteiger partial charge in [-0.15, -0.1) is 22.6 Å². The van der Waals surface area contributed by atoms with Crippen LogP contribution in [0.15, 0.2) is 52.9 Å². The normalized spacial score (nSPS) is 24.0. The third kappa shape index (κ3) is 3.87. The molecule has 158 valence electrons. The first-order valence-electron chi connectivity index (χ1n) is 10.1. The maximum atomic E-state index is 13.5. The molecule has 30 heavy (non-hydrogen) atoms. The molecule has 5 nitrogen and oxygen atoms in total. The number of hydrogen-bond donors (Lipinski definition) is 0. The van der Waals surface area contributed by atoms with Crippen molar-refractivity contribution in [1.82, 2.24) is 20.0 Å². The van der Waals surface area contributed by atoms with Crippen molar-refractivity contribution in [3.8, 4) is 11.5 Å².